The molecule has 0 atom stereocenters. The van der Waals surface area contributed by atoms with Crippen molar-refractivity contribution in [1.82, 2.24) is 0 Å². The molecule has 0 aromatic heterocycles. The van der Waals surface area contributed by atoms with E-state index < -0.39 is 0 Å². The van der Waals surface area contributed by atoms with Crippen LogP contribution in [0.25, 0.3) is 0 Å². The molecule has 32 heavy (non-hydrogen) atoms. The van der Waals surface area contributed by atoms with Crippen molar-refractivity contribution < 1.29 is 4.74 Å². The van der Waals surface area contributed by atoms with Gasteiger partial charge in [-0.25, -0.2) is 10.0 Å². The molecule has 0 aromatic rings. The first-order valence-electron chi connectivity index (χ1n) is 14.4. The van der Waals surface area contributed by atoms with E-state index in [0.717, 1.165) is 19.6 Å². The molecule has 1 saturated heterocycles. The first-order chi connectivity index (χ1) is 15.4. The van der Waals surface area contributed by atoms with Crippen molar-refractivity contribution in [3.05, 3.63) is 0 Å². The molecule has 0 aromatic carbocycles. The fourth-order valence-corrected chi connectivity index (χ4v) is 5.95. The lowest BCUT2D eigenvalue weighted by Gasteiger charge is -2.37. The van der Waals surface area contributed by atoms with E-state index in [2.05, 4.69) is 18.8 Å². The zero-order valence-corrected chi connectivity index (χ0v) is 23.4. The zero-order chi connectivity index (χ0) is 23.4. The third-order valence-electron chi connectivity index (χ3n) is 7.21. The molecule has 2 nitrogen and oxygen atoms in total. The third kappa shape index (κ3) is 19.7. The van der Waals surface area contributed by atoms with Gasteiger partial charge in [0.1, 0.15) is 0 Å². The third-order valence-corrected chi connectivity index (χ3v) is 8.72. The maximum atomic E-state index is 6.18. The van der Waals surface area contributed by atoms with Crippen molar-refractivity contribution in [2.24, 2.45) is 5.73 Å². The Balaban J connectivity index is 1.64. The van der Waals surface area contributed by atoms with E-state index in [1.807, 2.05) is 0 Å². The molecule has 0 amide bonds. The molecule has 3 heteroatoms. The maximum Gasteiger partial charge on any atom is 0.0669 e. The Morgan fingerprint density at radius 2 is 0.781 bits per heavy atom. The van der Waals surface area contributed by atoms with Crippen LogP contribution in [0.5, 0.6) is 0 Å². The van der Waals surface area contributed by atoms with Crippen LogP contribution >= 0.6 is 10.0 Å². The summed E-state index contributed by atoms with van der Waals surface area (Å²) in [6.07, 6.45) is 39.0. The number of unbranched alkanes of at least 4 members (excludes halogenated alkanes) is 20. The second-order valence-electron chi connectivity index (χ2n) is 11.8. The molecule has 1 fully saturated rings. The van der Waals surface area contributed by atoms with Gasteiger partial charge in [-0.1, -0.05) is 128 Å². The van der Waals surface area contributed by atoms with Crippen LogP contribution in [-0.4, -0.2) is 43.3 Å². The molecule has 1 aliphatic rings. The SMILES string of the molecule is CS(C)(C)CCCCCCCCCCCCCCCCCCCCCCCC1(N)COC1. The summed E-state index contributed by atoms with van der Waals surface area (Å²) >= 11 is 0. The van der Waals surface area contributed by atoms with Gasteiger partial charge >= 0.3 is 0 Å². The standard InChI is InChI=1S/C29H61NOS/c1-32(2,3)26-24-22-20-18-16-14-12-10-8-6-4-5-7-9-11-13-15-17-19-21-23-25-29(30)27-31-28-29/h4-28,30H2,1-3H3. The molecule has 2 N–H and O–H groups in total. The molecule has 0 radical (unpaired) electrons. The molecule has 194 valence electrons. The van der Waals surface area contributed by atoms with Crippen LogP contribution in [0.1, 0.15) is 141 Å². The highest BCUT2D eigenvalue weighted by Crippen LogP contribution is 2.35. The predicted molar refractivity (Wildman–Crippen MR) is 150 cm³/mol. The average molecular weight is 472 g/mol. The summed E-state index contributed by atoms with van der Waals surface area (Å²) in [4.78, 5) is 0. The molecule has 1 rings (SSSR count). The Morgan fingerprint density at radius 3 is 1.03 bits per heavy atom. The van der Waals surface area contributed by atoms with Gasteiger partial charge in [0.15, 0.2) is 0 Å². The number of hydrogen-bond acceptors (Lipinski definition) is 2. The second kappa shape index (κ2) is 19.6. The number of hydrogen-bond donors (Lipinski definition) is 1. The largest absolute Gasteiger partial charge is 0.377 e. The lowest BCUT2D eigenvalue weighted by atomic mass is 9.91. The van der Waals surface area contributed by atoms with Crippen LogP contribution in [0.15, 0.2) is 0 Å². The van der Waals surface area contributed by atoms with Crippen LogP contribution in [0, 0.1) is 0 Å². The molecule has 0 spiro atoms. The molecule has 1 aliphatic heterocycles. The topological polar surface area (TPSA) is 35.2 Å². The van der Waals surface area contributed by atoms with Gasteiger partial charge in [0.2, 0.25) is 0 Å². The first-order valence-corrected chi connectivity index (χ1v) is 17.5. The van der Waals surface area contributed by atoms with Gasteiger partial charge in [-0.05, 0) is 37.4 Å². The Hall–Kier alpha value is 0.270. The first kappa shape index (κ1) is 30.3. The highest BCUT2D eigenvalue weighted by Gasteiger charge is 2.32. The normalized spacial score (nSPS) is 16.2. The Kier molecular flexibility index (Phi) is 18.5. The molecular formula is C29H61NOS. The van der Waals surface area contributed by atoms with Crippen molar-refractivity contribution in [3.63, 3.8) is 0 Å². The van der Waals surface area contributed by atoms with Gasteiger partial charge in [-0.3, -0.25) is 0 Å². The van der Waals surface area contributed by atoms with Crippen molar-refractivity contribution in [2.45, 2.75) is 147 Å². The van der Waals surface area contributed by atoms with Gasteiger partial charge in [-0.15, -0.1) is 0 Å². The van der Waals surface area contributed by atoms with Crippen LogP contribution in [0.3, 0.4) is 0 Å². The highest BCUT2D eigenvalue weighted by molar-refractivity contribution is 8.32. The van der Waals surface area contributed by atoms with E-state index in [9.17, 15) is 0 Å². The summed E-state index contributed by atoms with van der Waals surface area (Å²) in [6, 6.07) is 0. The van der Waals surface area contributed by atoms with Crippen LogP contribution in [-0.2, 0) is 4.74 Å². The lowest BCUT2D eigenvalue weighted by Crippen LogP contribution is -2.57. The Morgan fingerprint density at radius 1 is 0.500 bits per heavy atom. The highest BCUT2D eigenvalue weighted by atomic mass is 32.3. The van der Waals surface area contributed by atoms with Gasteiger partial charge in [0.25, 0.3) is 0 Å². The average Bonchev–Trinajstić information content (AvgIpc) is 2.72. The molecule has 0 bridgehead atoms. The van der Waals surface area contributed by atoms with Crippen LogP contribution in [0.2, 0.25) is 0 Å². The quantitative estimate of drug-likeness (QED) is 0.142. The summed E-state index contributed by atoms with van der Waals surface area (Å²) in [5, 5.41) is 0. The van der Waals surface area contributed by atoms with Gasteiger partial charge in [-0.2, -0.15) is 0 Å². The summed E-state index contributed by atoms with van der Waals surface area (Å²) in [5.41, 5.74) is 6.21. The van der Waals surface area contributed by atoms with Gasteiger partial charge < -0.3 is 10.5 Å². The lowest BCUT2D eigenvalue weighted by molar-refractivity contribution is -0.0582. The number of nitrogens with two attached hydrogens (primary N) is 1. The van der Waals surface area contributed by atoms with E-state index in [0.29, 0.717) is 0 Å². The summed E-state index contributed by atoms with van der Waals surface area (Å²) in [6.45, 7) is 1.57. The fourth-order valence-electron chi connectivity index (χ4n) is 4.88. The minimum Gasteiger partial charge on any atom is -0.377 e. The number of ether oxygens (including phenoxy) is 1. The van der Waals surface area contributed by atoms with Gasteiger partial charge in [0.05, 0.1) is 18.8 Å². The Labute approximate surface area is 204 Å². The van der Waals surface area contributed by atoms with E-state index in [1.54, 1.807) is 0 Å². The molecule has 1 heterocycles. The van der Waals surface area contributed by atoms with Crippen LogP contribution < -0.4 is 5.73 Å². The second-order valence-corrected chi connectivity index (χ2v) is 16.4. The van der Waals surface area contributed by atoms with E-state index in [1.165, 1.54) is 141 Å². The van der Waals surface area contributed by atoms with Crippen molar-refractivity contribution in [3.8, 4) is 0 Å². The van der Waals surface area contributed by atoms with Crippen molar-refractivity contribution >= 4 is 10.0 Å². The summed E-state index contributed by atoms with van der Waals surface area (Å²) < 4.78 is 5.22. The Bertz CT molecular complexity index is 402. The molecule has 0 aliphatic carbocycles. The predicted octanol–water partition coefficient (Wildman–Crippen LogP) is 8.99. The molecular weight excluding hydrogens is 410 g/mol. The van der Waals surface area contributed by atoms with E-state index in [4.69, 9.17) is 10.5 Å². The number of rotatable bonds is 24. The molecule has 0 saturated carbocycles. The smallest absolute Gasteiger partial charge is 0.0669 e. The fraction of sp³-hybridized carbons (Fsp3) is 1.00. The van der Waals surface area contributed by atoms with E-state index in [-0.39, 0.29) is 15.6 Å². The molecule has 0 unspecified atom stereocenters. The maximum absolute atomic E-state index is 6.18. The summed E-state index contributed by atoms with van der Waals surface area (Å²) in [5.74, 6) is 1.47. The van der Waals surface area contributed by atoms with E-state index >= 15 is 0 Å². The van der Waals surface area contributed by atoms with Gasteiger partial charge in [0, 0.05) is 0 Å². The van der Waals surface area contributed by atoms with Crippen molar-refractivity contribution in [1.29, 1.82) is 0 Å². The monoisotopic (exact) mass is 471 g/mol. The summed E-state index contributed by atoms with van der Waals surface area (Å²) in [7, 11) is -0.259. The zero-order valence-electron chi connectivity index (χ0n) is 22.6. The minimum atomic E-state index is -0.259. The van der Waals surface area contributed by atoms with Crippen molar-refractivity contribution in [2.75, 3.05) is 37.7 Å². The van der Waals surface area contributed by atoms with Crippen LogP contribution in [0.4, 0.5) is 0 Å². The minimum absolute atomic E-state index is 0.0337.